The summed E-state index contributed by atoms with van der Waals surface area (Å²) in [4.78, 5) is 23.9. The first-order chi connectivity index (χ1) is 12.8. The van der Waals surface area contributed by atoms with E-state index in [4.69, 9.17) is 9.47 Å². The molecule has 0 saturated heterocycles. The zero-order chi connectivity index (χ0) is 19.8. The molecule has 0 radical (unpaired) electrons. The van der Waals surface area contributed by atoms with Crippen molar-refractivity contribution < 1.29 is 29.3 Å². The van der Waals surface area contributed by atoms with Gasteiger partial charge in [0, 0.05) is 23.7 Å². The number of aliphatic hydroxyl groups is 1. The topological polar surface area (TPSA) is 93.1 Å². The molecule has 1 fully saturated rings. The number of carboxylic acids is 1. The molecule has 2 N–H and O–H groups in total. The summed E-state index contributed by atoms with van der Waals surface area (Å²) in [5.41, 5.74) is -0.140. The number of hydrogen-bond acceptors (Lipinski definition) is 5. The minimum absolute atomic E-state index is 0.105. The fraction of sp³-hybridized carbons (Fsp3) is 0.619. The minimum atomic E-state index is -0.972. The van der Waals surface area contributed by atoms with Crippen LogP contribution >= 0.6 is 0 Å². The molecule has 3 aliphatic rings. The summed E-state index contributed by atoms with van der Waals surface area (Å²) < 4.78 is 10.2. The largest absolute Gasteiger partial charge is 0.478 e. The first-order valence-electron chi connectivity index (χ1n) is 9.46. The smallest absolute Gasteiger partial charge is 0.336 e. The molecule has 1 unspecified atom stereocenters. The maximum Gasteiger partial charge on any atom is 0.336 e. The average Bonchev–Trinajstić information content (AvgIpc) is 3.02. The van der Waals surface area contributed by atoms with E-state index in [0.717, 1.165) is 6.42 Å². The van der Waals surface area contributed by atoms with E-state index >= 15 is 0 Å². The Hall–Kier alpha value is -1.92. The zero-order valence-electron chi connectivity index (χ0n) is 16.1. The molecule has 6 nitrogen and oxygen atoms in total. The van der Waals surface area contributed by atoms with Crippen LogP contribution in [0.25, 0.3) is 0 Å². The van der Waals surface area contributed by atoms with E-state index in [9.17, 15) is 19.8 Å². The predicted molar refractivity (Wildman–Crippen MR) is 98.6 cm³/mol. The number of ether oxygens (including phenoxy) is 2. The lowest BCUT2D eigenvalue weighted by atomic mass is 9.47. The number of cyclic esters (lactones) is 1. The van der Waals surface area contributed by atoms with Crippen LogP contribution in [0.1, 0.15) is 39.5 Å². The second-order valence-electron chi connectivity index (χ2n) is 8.21. The van der Waals surface area contributed by atoms with E-state index < -0.39 is 17.7 Å². The second-order valence-corrected chi connectivity index (χ2v) is 8.21. The molecule has 0 bridgehead atoms. The summed E-state index contributed by atoms with van der Waals surface area (Å²) in [6.45, 7) is 4.13. The van der Waals surface area contributed by atoms with Crippen molar-refractivity contribution in [3.63, 3.8) is 0 Å². The van der Waals surface area contributed by atoms with E-state index in [1.165, 1.54) is 7.11 Å². The minimum Gasteiger partial charge on any atom is -0.478 e. The van der Waals surface area contributed by atoms with Gasteiger partial charge in [-0.05, 0) is 49.0 Å². The van der Waals surface area contributed by atoms with E-state index in [2.05, 4.69) is 13.8 Å². The number of carboxylic acid groups (broad SMARTS) is 1. The van der Waals surface area contributed by atoms with E-state index in [0.29, 0.717) is 30.8 Å². The van der Waals surface area contributed by atoms with Gasteiger partial charge in [0.05, 0.1) is 6.61 Å². The molecule has 1 aliphatic heterocycles. The van der Waals surface area contributed by atoms with Crippen molar-refractivity contribution in [2.75, 3.05) is 13.7 Å². The van der Waals surface area contributed by atoms with Crippen LogP contribution in [0, 0.1) is 22.7 Å². The van der Waals surface area contributed by atoms with Crippen LogP contribution in [0.15, 0.2) is 35.5 Å². The van der Waals surface area contributed by atoms with Crippen LogP contribution in [0.5, 0.6) is 0 Å². The molecule has 3 rings (SSSR count). The molecule has 27 heavy (non-hydrogen) atoms. The number of methoxy groups -OCH3 is 1. The molecule has 0 aromatic rings. The fourth-order valence-corrected chi connectivity index (χ4v) is 5.13. The summed E-state index contributed by atoms with van der Waals surface area (Å²) in [5, 5.41) is 20.0. The van der Waals surface area contributed by atoms with Crippen LogP contribution < -0.4 is 0 Å². The van der Waals surface area contributed by atoms with Gasteiger partial charge in [0.1, 0.15) is 0 Å². The van der Waals surface area contributed by atoms with Crippen molar-refractivity contribution in [3.05, 3.63) is 35.5 Å². The van der Waals surface area contributed by atoms with Gasteiger partial charge in [-0.2, -0.15) is 0 Å². The molecular formula is C21H28O6. The Labute approximate surface area is 159 Å². The lowest BCUT2D eigenvalue weighted by molar-refractivity contribution is -0.155. The van der Waals surface area contributed by atoms with Crippen molar-refractivity contribution in [2.45, 2.75) is 45.8 Å². The SMILES string of the molecule is COC1C=C(CC[C@@]2(C)[C@H](C)CC[C@@]3(CO)C(C(=O)O)=CC=C[C@@H]32)C(=O)O1. The number of rotatable bonds is 6. The monoisotopic (exact) mass is 376 g/mol. The number of carbonyl (C=O) groups is 2. The molecular weight excluding hydrogens is 348 g/mol. The van der Waals surface area contributed by atoms with Gasteiger partial charge >= 0.3 is 11.9 Å². The number of allylic oxidation sites excluding steroid dienone is 3. The molecule has 0 amide bonds. The van der Waals surface area contributed by atoms with Gasteiger partial charge in [-0.25, -0.2) is 9.59 Å². The van der Waals surface area contributed by atoms with Crippen molar-refractivity contribution >= 4 is 11.9 Å². The number of aliphatic carboxylic acids is 1. The van der Waals surface area contributed by atoms with Gasteiger partial charge in [0.15, 0.2) is 0 Å². The maximum atomic E-state index is 12.0. The van der Waals surface area contributed by atoms with Gasteiger partial charge in [-0.1, -0.05) is 32.1 Å². The Morgan fingerprint density at radius 1 is 1.44 bits per heavy atom. The third-order valence-electron chi connectivity index (χ3n) is 7.06. The van der Waals surface area contributed by atoms with E-state index in [-0.39, 0.29) is 29.5 Å². The van der Waals surface area contributed by atoms with Gasteiger partial charge in [0.25, 0.3) is 0 Å². The predicted octanol–water partition coefficient (Wildman–Crippen LogP) is 2.83. The van der Waals surface area contributed by atoms with Crippen molar-refractivity contribution in [1.29, 1.82) is 0 Å². The first kappa shape index (κ1) is 19.8. The van der Waals surface area contributed by atoms with Crippen molar-refractivity contribution in [3.8, 4) is 0 Å². The Balaban J connectivity index is 1.89. The molecule has 1 heterocycles. The third kappa shape index (κ3) is 3.15. The molecule has 6 heteroatoms. The number of fused-ring (bicyclic) bond motifs is 1. The van der Waals surface area contributed by atoms with Gasteiger partial charge in [-0.15, -0.1) is 0 Å². The van der Waals surface area contributed by atoms with Gasteiger partial charge < -0.3 is 19.7 Å². The normalized spacial score (nSPS) is 38.1. The molecule has 148 valence electrons. The fourth-order valence-electron chi connectivity index (χ4n) is 5.13. The summed E-state index contributed by atoms with van der Waals surface area (Å²) >= 11 is 0. The zero-order valence-corrected chi connectivity index (χ0v) is 16.1. The number of hydrogen-bond donors (Lipinski definition) is 2. The standard InChI is InChI=1S/C21H28O6/c1-13-7-10-21(12-22)15(18(23)24)5-4-6-16(21)20(13,2)9-8-14-11-17(26-3)27-19(14)25/h4-6,11,13,16-17,22H,7-10,12H2,1-3H3,(H,23,24)/t13-,16-,17?,20+,21-/m1/s1. The Morgan fingerprint density at radius 2 is 2.19 bits per heavy atom. The van der Waals surface area contributed by atoms with Crippen molar-refractivity contribution in [1.82, 2.24) is 0 Å². The highest BCUT2D eigenvalue weighted by Crippen LogP contribution is 2.60. The van der Waals surface area contributed by atoms with Crippen LogP contribution in [-0.2, 0) is 19.1 Å². The first-order valence-corrected chi connectivity index (χ1v) is 9.46. The molecule has 1 saturated carbocycles. The van der Waals surface area contributed by atoms with Gasteiger partial charge in [-0.3, -0.25) is 0 Å². The van der Waals surface area contributed by atoms with Crippen LogP contribution in [0.2, 0.25) is 0 Å². The highest BCUT2D eigenvalue weighted by atomic mass is 16.7. The summed E-state index contributed by atoms with van der Waals surface area (Å²) in [6, 6.07) is 0. The second kappa shape index (κ2) is 7.24. The van der Waals surface area contributed by atoms with Crippen molar-refractivity contribution in [2.24, 2.45) is 22.7 Å². The average molecular weight is 376 g/mol. The van der Waals surface area contributed by atoms with Crippen LogP contribution in [0.4, 0.5) is 0 Å². The molecule has 2 aliphatic carbocycles. The molecule has 0 aromatic carbocycles. The van der Waals surface area contributed by atoms with Crippen LogP contribution in [-0.4, -0.2) is 42.2 Å². The highest BCUT2D eigenvalue weighted by molar-refractivity contribution is 5.90. The van der Waals surface area contributed by atoms with Crippen LogP contribution in [0.3, 0.4) is 0 Å². The molecule has 0 aromatic heterocycles. The quantitative estimate of drug-likeness (QED) is 0.693. The maximum absolute atomic E-state index is 12.0. The summed E-state index contributed by atoms with van der Waals surface area (Å²) in [6.07, 6.45) is 9.24. The Kier molecular flexibility index (Phi) is 5.32. The highest BCUT2D eigenvalue weighted by Gasteiger charge is 2.56. The summed E-state index contributed by atoms with van der Waals surface area (Å²) in [5.74, 6) is -1.10. The Bertz CT molecular complexity index is 720. The summed E-state index contributed by atoms with van der Waals surface area (Å²) in [7, 11) is 1.49. The Morgan fingerprint density at radius 3 is 2.78 bits per heavy atom. The molecule has 5 atom stereocenters. The number of esters is 1. The van der Waals surface area contributed by atoms with E-state index in [1.54, 1.807) is 18.2 Å². The lowest BCUT2D eigenvalue weighted by Gasteiger charge is -2.56. The third-order valence-corrected chi connectivity index (χ3v) is 7.06. The van der Waals surface area contributed by atoms with E-state index in [1.807, 2.05) is 6.08 Å². The number of aliphatic hydroxyl groups excluding tert-OH is 1. The molecule has 0 spiro atoms. The van der Waals surface area contributed by atoms with Gasteiger partial charge in [0.2, 0.25) is 6.29 Å². The lowest BCUT2D eigenvalue weighted by Crippen LogP contribution is -2.53. The number of carbonyl (C=O) groups excluding carboxylic acids is 1.